The molecule has 13 heavy (non-hydrogen) atoms. The molecule has 0 heterocycles. The Kier molecular flexibility index (Phi) is 19300. The summed E-state index contributed by atoms with van der Waals surface area (Å²) in [5.41, 5.74) is 0. The van der Waals surface area contributed by atoms with Crippen molar-refractivity contribution in [2.24, 2.45) is 0 Å². The summed E-state index contributed by atoms with van der Waals surface area (Å²) in [6.45, 7) is 0. The summed E-state index contributed by atoms with van der Waals surface area (Å²) in [4.78, 5) is 0. The van der Waals surface area contributed by atoms with Crippen molar-refractivity contribution in [3.63, 3.8) is 0 Å². The fourth-order valence-electron chi connectivity index (χ4n) is 0. The maximum Gasteiger partial charge on any atom is 4.00 e. The summed E-state index contributed by atoms with van der Waals surface area (Å²) in [6, 6.07) is 0. The van der Waals surface area contributed by atoms with Gasteiger partial charge in [0.1, 0.15) is 0 Å². The van der Waals surface area contributed by atoms with Crippen LogP contribution < -0.4 is 0 Å². The zero-order valence-corrected chi connectivity index (χ0v) is 12.8. The monoisotopic (exact) mass is 427 g/mol. The van der Waals surface area contributed by atoms with Gasteiger partial charge in [-0.15, -0.1) is 0 Å². The van der Waals surface area contributed by atoms with Gasteiger partial charge >= 0.3 is 85.3 Å². The molecule has 10 N–H and O–H groups in total. The van der Waals surface area contributed by atoms with Gasteiger partial charge in [0.05, 0.1) is 0 Å². The second kappa shape index (κ2) is 451. The molecule has 0 saturated carbocycles. The van der Waals surface area contributed by atoms with Crippen molar-refractivity contribution >= 4 is 17.4 Å². The van der Waals surface area contributed by atoms with E-state index in [9.17, 15) is 0 Å². The van der Waals surface area contributed by atoms with Crippen LogP contribution in [0.15, 0.2) is 0 Å². The molecule has 0 aliphatic carbocycles. The van der Waals surface area contributed by atoms with Crippen LogP contribution in [0.3, 0.4) is 0 Å². The van der Waals surface area contributed by atoms with E-state index in [1.807, 2.05) is 0 Å². The van der Waals surface area contributed by atoms with Crippen LogP contribution in [0.5, 0.6) is 0 Å². The Hall–Kier alpha value is 2.39. The minimum absolute atomic E-state index is 0. The topological polar surface area (TPSA) is 300 Å². The maximum absolute atomic E-state index is 0. The van der Waals surface area contributed by atoms with E-state index in [1.165, 1.54) is 0 Å². The quantitative estimate of drug-likeness (QED) is 0.376. The molecule has 0 saturated heterocycles. The van der Waals surface area contributed by atoms with Crippen molar-refractivity contribution < 1.29 is 123 Å². The van der Waals surface area contributed by atoms with E-state index in [2.05, 4.69) is 0 Å². The van der Waals surface area contributed by atoms with E-state index in [0.717, 1.165) is 0 Å². The third-order valence-corrected chi connectivity index (χ3v) is 0. The van der Waals surface area contributed by atoms with E-state index >= 15 is 0 Å². The Morgan fingerprint density at radius 1 is 0.308 bits per heavy atom. The van der Waals surface area contributed by atoms with Crippen LogP contribution in [0.25, 0.3) is 0 Å². The summed E-state index contributed by atoms with van der Waals surface area (Å²) >= 11 is 0. The number of hydrogen-bond acceptors (Lipinski definition) is 10. The Morgan fingerprint density at radius 3 is 0.308 bits per heavy atom. The summed E-state index contributed by atoms with van der Waals surface area (Å²) in [6.07, 6.45) is 0. The Morgan fingerprint density at radius 2 is 0.308 bits per heavy atom. The average Bonchev–Trinajstić information content (AvgIpc) is 0. The summed E-state index contributed by atoms with van der Waals surface area (Å²) in [5, 5.41) is 0. The molecule has 0 aliphatic heterocycles. The molecular weight excluding hydrogens is 418 g/mol. The van der Waals surface area contributed by atoms with Crippen molar-refractivity contribution in [1.29, 1.82) is 0 Å². The summed E-state index contributed by atoms with van der Waals surface area (Å²) in [7, 11) is 0. The van der Waals surface area contributed by atoms with Crippen molar-refractivity contribution in [2.45, 2.75) is 0 Å². The number of hydrogen-bond donors (Lipinski definition) is 0. The molecule has 0 amide bonds. The van der Waals surface area contributed by atoms with Gasteiger partial charge in [-0.05, 0) is 0 Å². The summed E-state index contributed by atoms with van der Waals surface area (Å²) in [5.74, 6) is 0. The fraction of sp³-hybridized carbons (Fsp3) is 0. The van der Waals surface area contributed by atoms with Crippen molar-refractivity contribution in [3.05, 3.63) is 0 Å². The van der Waals surface area contributed by atoms with E-state index in [1.54, 1.807) is 0 Å². The first kappa shape index (κ1) is 557. The van der Waals surface area contributed by atoms with Gasteiger partial charge in [-0.1, -0.05) is 0 Å². The molecular formula is H10AlCeO10Zr. The molecule has 0 aromatic heterocycles. The minimum atomic E-state index is 0. The number of rotatable bonds is 0. The van der Waals surface area contributed by atoms with Crippen molar-refractivity contribution in [1.82, 2.24) is 0 Å². The van der Waals surface area contributed by atoms with Crippen LogP contribution in [-0.4, -0.2) is 72.1 Å². The normalized spacial score (nSPS) is 0. The van der Waals surface area contributed by atoms with Gasteiger partial charge in [-0.2, -0.15) is 0 Å². The Bertz CT molecular complexity index is 14.9. The predicted molar refractivity (Wildman–Crippen MR) is 25.1 cm³/mol. The SMILES string of the molecule is [Al+3].[Ce+3].[OH-].[OH-].[OH-].[OH-].[OH-].[OH-].[OH-].[OH-].[OH-].[OH-].[Zr+4]. The van der Waals surface area contributed by atoms with E-state index in [4.69, 9.17) is 0 Å². The molecule has 0 aromatic rings. The zero-order chi connectivity index (χ0) is 0. The first-order chi connectivity index (χ1) is 0. The van der Waals surface area contributed by atoms with Crippen LogP contribution in [0, 0.1) is 41.7 Å². The Labute approximate surface area is 138 Å². The average molecular weight is 428 g/mol. The first-order valence-corrected chi connectivity index (χ1v) is 0. The minimum Gasteiger partial charge on any atom is -0.870 e. The third kappa shape index (κ3) is 386. The van der Waals surface area contributed by atoms with E-state index < -0.39 is 0 Å². The Balaban J connectivity index is 0. The largest absolute Gasteiger partial charge is 4.00 e. The van der Waals surface area contributed by atoms with E-state index in [0.29, 0.717) is 0 Å². The first-order valence-electron chi connectivity index (χ1n) is 0. The fourth-order valence-corrected chi connectivity index (χ4v) is 0. The van der Waals surface area contributed by atoms with Gasteiger partial charge in [0.15, 0.2) is 0 Å². The molecule has 0 bridgehead atoms. The van der Waals surface area contributed by atoms with Crippen molar-refractivity contribution in [3.8, 4) is 0 Å². The molecule has 81 valence electrons. The second-order valence-electron chi connectivity index (χ2n) is 0. The van der Waals surface area contributed by atoms with Gasteiger partial charge in [-0.25, -0.2) is 0 Å². The summed E-state index contributed by atoms with van der Waals surface area (Å²) < 4.78 is 0. The van der Waals surface area contributed by atoms with Gasteiger partial charge in [-0.3, -0.25) is 0 Å². The molecule has 13 heteroatoms. The molecule has 1 radical (unpaired) electrons. The molecule has 0 aliphatic rings. The molecule has 0 unspecified atom stereocenters. The van der Waals surface area contributed by atoms with Crippen LogP contribution in [-0.2, 0) is 26.2 Å². The standard InChI is InChI=1S/Al.Ce.10H2O.Zr/h;;10*1H2;/q2*+3;;;;;;;;;;;+4/p-10. The van der Waals surface area contributed by atoms with Gasteiger partial charge in [0.2, 0.25) is 0 Å². The predicted octanol–water partition coefficient (Wildman–Crippen LogP) is -2.15. The van der Waals surface area contributed by atoms with E-state index in [-0.39, 0.29) is 140 Å². The second-order valence-corrected chi connectivity index (χ2v) is 0. The van der Waals surface area contributed by atoms with Crippen molar-refractivity contribution in [2.75, 3.05) is 0 Å². The molecule has 0 rings (SSSR count). The smallest absolute Gasteiger partial charge is 0.870 e. The molecule has 0 aromatic carbocycles. The van der Waals surface area contributed by atoms with Gasteiger partial charge < -0.3 is 54.8 Å². The third-order valence-electron chi connectivity index (χ3n) is 0. The van der Waals surface area contributed by atoms with Crippen LogP contribution in [0.1, 0.15) is 0 Å². The molecule has 0 atom stereocenters. The van der Waals surface area contributed by atoms with Crippen LogP contribution >= 0.6 is 0 Å². The van der Waals surface area contributed by atoms with Crippen LogP contribution in [0.2, 0.25) is 0 Å². The molecule has 10 nitrogen and oxygen atoms in total. The maximum atomic E-state index is 0. The molecule has 0 fully saturated rings. The zero-order valence-electron chi connectivity index (χ0n) is 6.05. The molecule has 0 spiro atoms. The van der Waals surface area contributed by atoms with Gasteiger partial charge in [0.25, 0.3) is 0 Å². The van der Waals surface area contributed by atoms with Crippen LogP contribution in [0.4, 0.5) is 0 Å². The van der Waals surface area contributed by atoms with Gasteiger partial charge in [0, 0.05) is 0 Å².